The average molecular weight is 389 g/mol. The first-order valence-corrected chi connectivity index (χ1v) is 9.34. The molecule has 1 atom stereocenters. The molecule has 1 aliphatic carbocycles. The third-order valence-corrected chi connectivity index (χ3v) is 4.74. The van der Waals surface area contributed by atoms with E-state index in [2.05, 4.69) is 15.6 Å². The third kappa shape index (κ3) is 6.90. The largest absolute Gasteiger partial charge is 0.481 e. The van der Waals surface area contributed by atoms with Gasteiger partial charge < -0.3 is 27.2 Å². The van der Waals surface area contributed by atoms with Crippen LogP contribution in [-0.2, 0) is 9.59 Å². The van der Waals surface area contributed by atoms with E-state index in [4.69, 9.17) is 16.6 Å². The van der Waals surface area contributed by atoms with E-state index in [0.29, 0.717) is 11.3 Å². The number of carboxylic acid groups (broad SMARTS) is 1. The van der Waals surface area contributed by atoms with E-state index in [1.165, 1.54) is 6.07 Å². The maximum Gasteiger partial charge on any atom is 0.305 e. The first-order valence-electron chi connectivity index (χ1n) is 9.34. The van der Waals surface area contributed by atoms with Gasteiger partial charge in [0.2, 0.25) is 5.91 Å². The lowest BCUT2D eigenvalue weighted by Crippen LogP contribution is -2.46. The molecule has 1 fully saturated rings. The van der Waals surface area contributed by atoms with E-state index in [-0.39, 0.29) is 24.8 Å². The van der Waals surface area contributed by atoms with Crippen molar-refractivity contribution < 1.29 is 19.5 Å². The number of nitrogens with one attached hydrogen (secondary N) is 2. The summed E-state index contributed by atoms with van der Waals surface area (Å²) in [5.41, 5.74) is 11.4. The monoisotopic (exact) mass is 389 g/mol. The van der Waals surface area contributed by atoms with Crippen LogP contribution in [0.15, 0.2) is 29.3 Å². The summed E-state index contributed by atoms with van der Waals surface area (Å²) < 4.78 is 0. The molecule has 1 aromatic carbocycles. The number of guanidine groups is 1. The van der Waals surface area contributed by atoms with Crippen LogP contribution in [0.25, 0.3) is 0 Å². The van der Waals surface area contributed by atoms with Crippen molar-refractivity contribution in [3.63, 3.8) is 0 Å². The molecule has 0 radical (unpaired) electrons. The molecule has 9 heteroatoms. The smallest absolute Gasteiger partial charge is 0.305 e. The van der Waals surface area contributed by atoms with E-state index >= 15 is 0 Å². The van der Waals surface area contributed by atoms with Crippen LogP contribution >= 0.6 is 0 Å². The molecule has 1 aromatic rings. The molecule has 0 aromatic heterocycles. The lowest BCUT2D eigenvalue weighted by molar-refractivity contribution is -0.138. The van der Waals surface area contributed by atoms with Crippen molar-refractivity contribution in [1.82, 2.24) is 10.6 Å². The lowest BCUT2D eigenvalue weighted by Gasteiger charge is -2.30. The predicted octanol–water partition coefficient (Wildman–Crippen LogP) is 0.861. The molecule has 1 saturated carbocycles. The molecule has 0 saturated heterocycles. The summed E-state index contributed by atoms with van der Waals surface area (Å²) >= 11 is 0. The summed E-state index contributed by atoms with van der Waals surface area (Å²) in [6.45, 7) is -0.242. The van der Waals surface area contributed by atoms with Gasteiger partial charge in [-0.25, -0.2) is 4.99 Å². The highest BCUT2D eigenvalue weighted by atomic mass is 16.4. The molecule has 7 N–H and O–H groups in total. The van der Waals surface area contributed by atoms with Gasteiger partial charge in [0.05, 0.1) is 18.7 Å². The summed E-state index contributed by atoms with van der Waals surface area (Å²) in [5.74, 6) is -1.78. The van der Waals surface area contributed by atoms with E-state index in [1.54, 1.807) is 18.2 Å². The Morgan fingerprint density at radius 3 is 2.54 bits per heavy atom. The Morgan fingerprint density at radius 1 is 1.18 bits per heavy atom. The van der Waals surface area contributed by atoms with E-state index < -0.39 is 23.8 Å². The lowest BCUT2D eigenvalue weighted by atomic mass is 9.82. The fourth-order valence-corrected chi connectivity index (χ4v) is 3.45. The summed E-state index contributed by atoms with van der Waals surface area (Å²) in [7, 11) is 0. The van der Waals surface area contributed by atoms with Crippen molar-refractivity contribution in [2.45, 2.75) is 44.6 Å². The maximum atomic E-state index is 12.3. The second kappa shape index (κ2) is 10.3. The number of carbonyl (C=O) groups is 3. The average Bonchev–Trinajstić information content (AvgIpc) is 2.65. The van der Waals surface area contributed by atoms with Crippen LogP contribution in [0.3, 0.4) is 0 Å². The molecule has 28 heavy (non-hydrogen) atoms. The number of aliphatic imine (C=N–C) groups is 1. The Hall–Kier alpha value is -3.10. The minimum atomic E-state index is -0.948. The highest BCUT2D eigenvalue weighted by Crippen LogP contribution is 2.27. The summed E-state index contributed by atoms with van der Waals surface area (Å²) in [4.78, 5) is 39.5. The number of carbonyl (C=O) groups excluding carboxylic acids is 2. The number of hydrogen-bond donors (Lipinski definition) is 5. The normalized spacial score (nSPS) is 15.3. The van der Waals surface area contributed by atoms with Gasteiger partial charge in [-0.1, -0.05) is 25.3 Å². The van der Waals surface area contributed by atoms with Crippen molar-refractivity contribution in [3.05, 3.63) is 29.8 Å². The molecule has 0 aliphatic heterocycles. The molecule has 1 unspecified atom stereocenters. The van der Waals surface area contributed by atoms with Gasteiger partial charge in [-0.05, 0) is 37.0 Å². The molecule has 2 amide bonds. The summed E-state index contributed by atoms with van der Waals surface area (Å²) in [6, 6.07) is 5.93. The van der Waals surface area contributed by atoms with E-state index in [9.17, 15) is 14.4 Å². The number of benzene rings is 1. The standard InChI is InChI=1S/C19H27N5O4/c20-19(21)23-14-8-4-7-13(9-14)18(28)22-11-16(25)24-15(10-17(26)27)12-5-2-1-3-6-12/h4,7-9,12,15H,1-3,5-6,10-11H2,(H,22,28)(H,24,25)(H,26,27)(H4,20,21,23). The fourth-order valence-electron chi connectivity index (χ4n) is 3.45. The number of carboxylic acids is 1. The van der Waals surface area contributed by atoms with Gasteiger partial charge in [-0.2, -0.15) is 0 Å². The summed E-state index contributed by atoms with van der Waals surface area (Å²) in [6.07, 6.45) is 4.91. The van der Waals surface area contributed by atoms with Gasteiger partial charge in [-0.3, -0.25) is 14.4 Å². The topological polar surface area (TPSA) is 160 Å². The Morgan fingerprint density at radius 2 is 1.89 bits per heavy atom. The fraction of sp³-hybridized carbons (Fsp3) is 0.474. The molecule has 0 heterocycles. The van der Waals surface area contributed by atoms with Crippen LogP contribution in [0, 0.1) is 5.92 Å². The highest BCUT2D eigenvalue weighted by molar-refractivity contribution is 5.97. The van der Waals surface area contributed by atoms with Gasteiger partial charge >= 0.3 is 5.97 Å². The van der Waals surface area contributed by atoms with Crippen LogP contribution < -0.4 is 22.1 Å². The number of amides is 2. The van der Waals surface area contributed by atoms with Crippen LogP contribution in [-0.4, -0.2) is 41.4 Å². The number of nitrogens with zero attached hydrogens (tertiary/aromatic N) is 1. The number of rotatable bonds is 8. The van der Waals surface area contributed by atoms with Crippen molar-refractivity contribution >= 4 is 29.4 Å². The zero-order chi connectivity index (χ0) is 20.5. The minimum Gasteiger partial charge on any atom is -0.481 e. The van der Waals surface area contributed by atoms with Gasteiger partial charge in [-0.15, -0.1) is 0 Å². The zero-order valence-electron chi connectivity index (χ0n) is 15.7. The van der Waals surface area contributed by atoms with Gasteiger partial charge in [0.15, 0.2) is 5.96 Å². The van der Waals surface area contributed by atoms with Crippen molar-refractivity contribution in [2.75, 3.05) is 6.54 Å². The predicted molar refractivity (Wildman–Crippen MR) is 105 cm³/mol. The number of hydrogen-bond acceptors (Lipinski definition) is 4. The molecule has 0 bridgehead atoms. The molecule has 2 rings (SSSR count). The quantitative estimate of drug-likeness (QED) is 0.327. The summed E-state index contributed by atoms with van der Waals surface area (Å²) in [5, 5.41) is 14.4. The highest BCUT2D eigenvalue weighted by Gasteiger charge is 2.27. The van der Waals surface area contributed by atoms with Crippen molar-refractivity contribution in [3.8, 4) is 0 Å². The maximum absolute atomic E-state index is 12.3. The van der Waals surface area contributed by atoms with E-state index in [0.717, 1.165) is 32.1 Å². The molecule has 1 aliphatic rings. The number of aliphatic carboxylic acids is 1. The van der Waals surface area contributed by atoms with E-state index in [1.807, 2.05) is 0 Å². The van der Waals surface area contributed by atoms with Crippen LogP contribution in [0.2, 0.25) is 0 Å². The first-order chi connectivity index (χ1) is 13.3. The SMILES string of the molecule is NC(N)=Nc1cccc(C(=O)NCC(=O)NC(CC(=O)O)C2CCCCC2)c1. The minimum absolute atomic E-state index is 0.120. The Bertz CT molecular complexity index is 740. The molecular formula is C19H27N5O4. The van der Waals surface area contributed by atoms with Gasteiger partial charge in [0, 0.05) is 11.6 Å². The zero-order valence-corrected chi connectivity index (χ0v) is 15.7. The van der Waals surface area contributed by atoms with Crippen LogP contribution in [0.5, 0.6) is 0 Å². The van der Waals surface area contributed by atoms with Crippen LogP contribution in [0.1, 0.15) is 48.9 Å². The van der Waals surface area contributed by atoms with Gasteiger partial charge in [0.25, 0.3) is 5.91 Å². The van der Waals surface area contributed by atoms with Crippen LogP contribution in [0.4, 0.5) is 5.69 Å². The second-order valence-electron chi connectivity index (χ2n) is 6.94. The molecule has 0 spiro atoms. The molecule has 152 valence electrons. The second-order valence-corrected chi connectivity index (χ2v) is 6.94. The van der Waals surface area contributed by atoms with Crippen molar-refractivity contribution in [1.29, 1.82) is 0 Å². The Labute approximate surface area is 163 Å². The molecular weight excluding hydrogens is 362 g/mol. The first kappa shape index (κ1) is 21.2. The third-order valence-electron chi connectivity index (χ3n) is 4.74. The Balaban J connectivity index is 1.91. The van der Waals surface area contributed by atoms with Crippen molar-refractivity contribution in [2.24, 2.45) is 22.4 Å². The molecule has 9 nitrogen and oxygen atoms in total. The Kier molecular flexibility index (Phi) is 7.79. The van der Waals surface area contributed by atoms with Gasteiger partial charge in [0.1, 0.15) is 0 Å². The number of nitrogens with two attached hydrogens (primary N) is 2.